The number of nitrogens with zero attached hydrogens (tertiary/aromatic N) is 1. The summed E-state index contributed by atoms with van der Waals surface area (Å²) in [4.78, 5) is 3.85. The van der Waals surface area contributed by atoms with E-state index in [9.17, 15) is 8.42 Å². The highest BCUT2D eigenvalue weighted by Gasteiger charge is 2.28. The number of hydrogen-bond acceptors (Lipinski definition) is 5. The average Bonchev–Trinajstić information content (AvgIpc) is 2.97. The fraction of sp³-hybridized carbons (Fsp3) is 0.583. The highest BCUT2D eigenvalue weighted by molar-refractivity contribution is 7.89. The summed E-state index contributed by atoms with van der Waals surface area (Å²) in [6.07, 6.45) is 3.21. The maximum absolute atomic E-state index is 11.4. The van der Waals surface area contributed by atoms with E-state index in [1.54, 1.807) is 0 Å². The number of aromatic nitrogens is 1. The average molecular weight is 286 g/mol. The van der Waals surface area contributed by atoms with E-state index in [1.165, 1.54) is 12.3 Å². The Kier molecular flexibility index (Phi) is 3.44. The van der Waals surface area contributed by atoms with E-state index in [0.717, 1.165) is 12.8 Å². The van der Waals surface area contributed by atoms with Gasteiger partial charge in [-0.25, -0.2) is 18.5 Å². The molecule has 1 aliphatic carbocycles. The van der Waals surface area contributed by atoms with E-state index < -0.39 is 15.6 Å². The van der Waals surface area contributed by atoms with Gasteiger partial charge in [0.2, 0.25) is 5.03 Å². The maximum atomic E-state index is 11.4. The Morgan fingerprint density at radius 3 is 2.47 bits per heavy atom. The summed E-state index contributed by atoms with van der Waals surface area (Å²) in [7, 11) is -3.90. The minimum absolute atomic E-state index is 0.0483. The largest absolute Gasteiger partial charge is 0.487 e. The van der Waals surface area contributed by atoms with Crippen LogP contribution in [0.15, 0.2) is 17.3 Å². The van der Waals surface area contributed by atoms with Crippen molar-refractivity contribution < 1.29 is 17.9 Å². The third-order valence-electron chi connectivity index (χ3n) is 2.30. The van der Waals surface area contributed by atoms with Crippen molar-refractivity contribution in [3.05, 3.63) is 12.3 Å². The second-order valence-corrected chi connectivity index (χ2v) is 7.03. The molecule has 0 unspecified atom stereocenters. The fourth-order valence-electron chi connectivity index (χ4n) is 1.49. The Bertz CT molecular complexity index is 574. The SMILES string of the molecule is CC(C)(C)Oc1cnc(S(N)(=O)=O)c(OC2CC2)c1. The molecule has 0 radical (unpaired) electrons. The molecule has 0 atom stereocenters. The summed E-state index contributed by atoms with van der Waals surface area (Å²) in [5, 5.41) is 4.87. The van der Waals surface area contributed by atoms with Crippen LogP contribution in [0.3, 0.4) is 0 Å². The van der Waals surface area contributed by atoms with Gasteiger partial charge >= 0.3 is 0 Å². The van der Waals surface area contributed by atoms with Crippen LogP contribution in [0.25, 0.3) is 0 Å². The molecular formula is C12H18N2O4S. The van der Waals surface area contributed by atoms with Crippen LogP contribution >= 0.6 is 0 Å². The topological polar surface area (TPSA) is 91.5 Å². The molecule has 7 heteroatoms. The lowest BCUT2D eigenvalue weighted by atomic mass is 10.2. The first-order chi connectivity index (χ1) is 8.65. The fourth-order valence-corrected chi connectivity index (χ4v) is 2.07. The van der Waals surface area contributed by atoms with E-state index in [1.807, 2.05) is 20.8 Å². The second kappa shape index (κ2) is 4.64. The molecule has 0 aliphatic heterocycles. The van der Waals surface area contributed by atoms with Gasteiger partial charge in [0.05, 0.1) is 12.3 Å². The summed E-state index contributed by atoms with van der Waals surface area (Å²) >= 11 is 0. The van der Waals surface area contributed by atoms with E-state index in [-0.39, 0.29) is 16.9 Å². The molecule has 0 aromatic carbocycles. The first-order valence-electron chi connectivity index (χ1n) is 6.04. The molecule has 1 aromatic rings. The molecule has 0 bridgehead atoms. The summed E-state index contributed by atoms with van der Waals surface area (Å²) in [6.45, 7) is 5.67. The lowest BCUT2D eigenvalue weighted by Crippen LogP contribution is -2.23. The zero-order valence-corrected chi connectivity index (χ0v) is 12.0. The quantitative estimate of drug-likeness (QED) is 0.904. The van der Waals surface area contributed by atoms with E-state index in [0.29, 0.717) is 5.75 Å². The molecule has 1 saturated carbocycles. The summed E-state index contributed by atoms with van der Waals surface area (Å²) in [6, 6.07) is 1.52. The molecule has 106 valence electrons. The number of hydrogen-bond donors (Lipinski definition) is 1. The summed E-state index contributed by atoms with van der Waals surface area (Å²) in [5.74, 6) is 0.613. The molecule has 6 nitrogen and oxygen atoms in total. The number of rotatable bonds is 4. The minimum atomic E-state index is -3.90. The van der Waals surface area contributed by atoms with Gasteiger partial charge < -0.3 is 9.47 Å². The van der Waals surface area contributed by atoms with Crippen molar-refractivity contribution in [2.45, 2.75) is 50.3 Å². The number of primary sulfonamides is 1. The van der Waals surface area contributed by atoms with Crippen molar-refractivity contribution in [3.8, 4) is 11.5 Å². The first-order valence-corrected chi connectivity index (χ1v) is 7.58. The van der Waals surface area contributed by atoms with Crippen molar-refractivity contribution in [1.82, 2.24) is 4.98 Å². The van der Waals surface area contributed by atoms with Crippen molar-refractivity contribution in [2.24, 2.45) is 5.14 Å². The molecule has 1 heterocycles. The third-order valence-corrected chi connectivity index (χ3v) is 3.15. The van der Waals surface area contributed by atoms with Gasteiger partial charge in [-0.05, 0) is 33.6 Å². The highest BCUT2D eigenvalue weighted by atomic mass is 32.2. The molecule has 2 rings (SSSR count). The van der Waals surface area contributed by atoms with E-state index >= 15 is 0 Å². The Labute approximate surface area is 113 Å². The number of pyridine rings is 1. The molecule has 0 saturated heterocycles. The van der Waals surface area contributed by atoms with Crippen molar-refractivity contribution in [3.63, 3.8) is 0 Å². The molecule has 1 aliphatic rings. The molecule has 1 fully saturated rings. The van der Waals surface area contributed by atoms with Crippen LogP contribution in [0.4, 0.5) is 0 Å². The Hall–Kier alpha value is -1.34. The van der Waals surface area contributed by atoms with Gasteiger partial charge in [-0.15, -0.1) is 0 Å². The Balaban J connectivity index is 2.35. The smallest absolute Gasteiger partial charge is 0.259 e. The zero-order valence-electron chi connectivity index (χ0n) is 11.2. The van der Waals surface area contributed by atoms with Gasteiger partial charge in [0.1, 0.15) is 11.4 Å². The van der Waals surface area contributed by atoms with Gasteiger partial charge in [-0.2, -0.15) is 0 Å². The van der Waals surface area contributed by atoms with Gasteiger partial charge in [0.25, 0.3) is 10.0 Å². The summed E-state index contributed by atoms with van der Waals surface area (Å²) < 4.78 is 34.1. The second-order valence-electron chi connectivity index (χ2n) is 5.55. The lowest BCUT2D eigenvalue weighted by Gasteiger charge is -2.21. The van der Waals surface area contributed by atoms with Crippen LogP contribution in [-0.4, -0.2) is 25.1 Å². The van der Waals surface area contributed by atoms with Gasteiger partial charge in [-0.3, -0.25) is 0 Å². The van der Waals surface area contributed by atoms with Gasteiger partial charge in [-0.1, -0.05) is 0 Å². The normalized spacial score (nSPS) is 16.2. The molecule has 2 N–H and O–H groups in total. The Morgan fingerprint density at radius 1 is 1.37 bits per heavy atom. The number of nitrogens with two attached hydrogens (primary N) is 1. The molecule has 19 heavy (non-hydrogen) atoms. The van der Waals surface area contributed by atoms with Crippen LogP contribution in [-0.2, 0) is 10.0 Å². The zero-order chi connectivity index (χ0) is 14.3. The lowest BCUT2D eigenvalue weighted by molar-refractivity contribution is 0.129. The first kappa shape index (κ1) is 14.1. The highest BCUT2D eigenvalue weighted by Crippen LogP contribution is 2.33. The predicted molar refractivity (Wildman–Crippen MR) is 69.6 cm³/mol. The molecule has 0 amide bonds. The van der Waals surface area contributed by atoms with E-state index in [4.69, 9.17) is 14.6 Å². The molecule has 0 spiro atoms. The predicted octanol–water partition coefficient (Wildman–Crippen LogP) is 1.45. The van der Waals surface area contributed by atoms with Crippen molar-refractivity contribution >= 4 is 10.0 Å². The van der Waals surface area contributed by atoms with E-state index in [2.05, 4.69) is 4.98 Å². The number of sulfonamides is 1. The molecule has 1 aromatic heterocycles. The van der Waals surface area contributed by atoms with Crippen LogP contribution in [0.2, 0.25) is 0 Å². The Morgan fingerprint density at radius 2 is 2.00 bits per heavy atom. The number of ether oxygens (including phenoxy) is 2. The van der Waals surface area contributed by atoms with Crippen LogP contribution in [0.1, 0.15) is 33.6 Å². The third kappa shape index (κ3) is 4.07. The van der Waals surface area contributed by atoms with Crippen molar-refractivity contribution in [2.75, 3.05) is 0 Å². The van der Waals surface area contributed by atoms with Gasteiger partial charge in [0, 0.05) is 6.07 Å². The summed E-state index contributed by atoms with van der Waals surface area (Å²) in [5.41, 5.74) is -0.401. The van der Waals surface area contributed by atoms with Crippen LogP contribution in [0.5, 0.6) is 11.5 Å². The van der Waals surface area contributed by atoms with Crippen LogP contribution in [0, 0.1) is 0 Å². The monoisotopic (exact) mass is 286 g/mol. The van der Waals surface area contributed by atoms with Crippen LogP contribution < -0.4 is 14.6 Å². The standard InChI is InChI=1S/C12H18N2O4S/c1-12(2,3)18-9-6-10(17-8-4-5-8)11(14-7-9)19(13,15)16/h6-8H,4-5H2,1-3H3,(H2,13,15,16). The van der Waals surface area contributed by atoms with Gasteiger partial charge in [0.15, 0.2) is 5.75 Å². The molecular weight excluding hydrogens is 268 g/mol. The van der Waals surface area contributed by atoms with Crippen molar-refractivity contribution in [1.29, 1.82) is 0 Å². The minimum Gasteiger partial charge on any atom is -0.487 e. The maximum Gasteiger partial charge on any atom is 0.259 e.